The van der Waals surface area contributed by atoms with Crippen molar-refractivity contribution in [2.75, 3.05) is 13.1 Å². The number of hydrogen-bond acceptors (Lipinski definition) is 2. The number of likely N-dealkylation sites (N-methyl/N-ethyl adjacent to an activating group) is 1. The van der Waals surface area contributed by atoms with E-state index in [1.807, 2.05) is 54.4 Å². The lowest BCUT2D eigenvalue weighted by Crippen LogP contribution is -2.30. The maximum absolute atomic E-state index is 12.1. The molecule has 0 unspecified atom stereocenters. The molecule has 0 saturated heterocycles. The minimum atomic E-state index is 0.0587. The van der Waals surface area contributed by atoms with E-state index in [1.54, 1.807) is 17.0 Å². The van der Waals surface area contributed by atoms with Gasteiger partial charge in [-0.25, -0.2) is 4.68 Å². The van der Waals surface area contributed by atoms with Gasteiger partial charge in [-0.3, -0.25) is 4.79 Å². The molecule has 0 saturated carbocycles. The molecule has 0 radical (unpaired) electrons. The van der Waals surface area contributed by atoms with Crippen LogP contribution in [0, 0.1) is 0 Å². The molecule has 0 atom stereocenters. The lowest BCUT2D eigenvalue weighted by atomic mass is 10.2. The zero-order valence-electron chi connectivity index (χ0n) is 13.3. The summed E-state index contributed by atoms with van der Waals surface area (Å²) in [5.41, 5.74) is 1.93. The van der Waals surface area contributed by atoms with Crippen molar-refractivity contribution in [2.45, 2.75) is 26.7 Å². The average molecular weight is 297 g/mol. The first-order valence-corrected chi connectivity index (χ1v) is 7.81. The smallest absolute Gasteiger partial charge is 0.246 e. The van der Waals surface area contributed by atoms with Crippen LogP contribution in [0.5, 0.6) is 0 Å². The molecule has 0 fully saturated rings. The number of aromatic nitrogens is 2. The van der Waals surface area contributed by atoms with E-state index in [1.165, 1.54) is 0 Å². The first-order chi connectivity index (χ1) is 10.7. The lowest BCUT2D eigenvalue weighted by Gasteiger charge is -2.18. The van der Waals surface area contributed by atoms with E-state index in [2.05, 4.69) is 12.0 Å². The fraction of sp³-hybridized carbons (Fsp3) is 0.333. The van der Waals surface area contributed by atoms with Gasteiger partial charge in [0.15, 0.2) is 0 Å². The van der Waals surface area contributed by atoms with Crippen LogP contribution < -0.4 is 0 Å². The molecule has 116 valence electrons. The normalized spacial score (nSPS) is 11.0. The standard InChI is InChI=1S/C18H23N3O/c1-3-5-13-20(4-2)18(22)12-11-16-14-19-21(15-16)17-9-7-6-8-10-17/h6-12,14-15H,3-5,13H2,1-2H3/b12-11+. The Labute approximate surface area is 132 Å². The number of amides is 1. The molecule has 1 amide bonds. The number of carbonyl (C=O) groups is 1. The maximum atomic E-state index is 12.1. The molecular weight excluding hydrogens is 274 g/mol. The van der Waals surface area contributed by atoms with Gasteiger partial charge in [0.25, 0.3) is 0 Å². The van der Waals surface area contributed by atoms with Gasteiger partial charge in [-0.1, -0.05) is 31.5 Å². The van der Waals surface area contributed by atoms with Crippen LogP contribution in [0.1, 0.15) is 32.3 Å². The monoisotopic (exact) mass is 297 g/mol. The summed E-state index contributed by atoms with van der Waals surface area (Å²) in [4.78, 5) is 14.0. The van der Waals surface area contributed by atoms with Crippen LogP contribution in [-0.2, 0) is 4.79 Å². The highest BCUT2D eigenvalue weighted by Crippen LogP contribution is 2.09. The Kier molecular flexibility index (Phi) is 5.95. The molecule has 2 rings (SSSR count). The molecule has 0 aliphatic rings. The highest BCUT2D eigenvalue weighted by Gasteiger charge is 2.07. The number of unbranched alkanes of at least 4 members (excludes halogenated alkanes) is 1. The van der Waals surface area contributed by atoms with Crippen molar-refractivity contribution in [3.05, 3.63) is 54.4 Å². The van der Waals surface area contributed by atoms with Crippen molar-refractivity contribution in [1.82, 2.24) is 14.7 Å². The van der Waals surface area contributed by atoms with E-state index in [4.69, 9.17) is 0 Å². The van der Waals surface area contributed by atoms with Crippen LogP contribution in [0.4, 0.5) is 0 Å². The summed E-state index contributed by atoms with van der Waals surface area (Å²) in [6.45, 7) is 5.70. The number of carbonyl (C=O) groups excluding carboxylic acids is 1. The Morgan fingerprint density at radius 1 is 1.27 bits per heavy atom. The second kappa shape index (κ2) is 8.17. The Bertz CT molecular complexity index is 616. The van der Waals surface area contributed by atoms with Crippen molar-refractivity contribution in [3.63, 3.8) is 0 Å². The van der Waals surface area contributed by atoms with Crippen LogP contribution in [-0.4, -0.2) is 33.7 Å². The first-order valence-electron chi connectivity index (χ1n) is 7.81. The molecule has 0 aliphatic heterocycles. The highest BCUT2D eigenvalue weighted by atomic mass is 16.2. The Morgan fingerprint density at radius 2 is 2.05 bits per heavy atom. The van der Waals surface area contributed by atoms with E-state index in [0.29, 0.717) is 0 Å². The van der Waals surface area contributed by atoms with Gasteiger partial charge in [0.1, 0.15) is 0 Å². The van der Waals surface area contributed by atoms with Crippen molar-refractivity contribution >= 4 is 12.0 Å². The highest BCUT2D eigenvalue weighted by molar-refractivity contribution is 5.91. The molecule has 0 spiro atoms. The summed E-state index contributed by atoms with van der Waals surface area (Å²) in [7, 11) is 0. The van der Waals surface area contributed by atoms with E-state index < -0.39 is 0 Å². The van der Waals surface area contributed by atoms with E-state index in [9.17, 15) is 4.79 Å². The molecule has 22 heavy (non-hydrogen) atoms. The third-order valence-electron chi connectivity index (χ3n) is 3.52. The molecule has 0 N–H and O–H groups in total. The van der Waals surface area contributed by atoms with E-state index in [-0.39, 0.29) is 5.91 Å². The molecule has 4 nitrogen and oxygen atoms in total. The van der Waals surface area contributed by atoms with Crippen LogP contribution in [0.3, 0.4) is 0 Å². The second-order valence-corrected chi connectivity index (χ2v) is 5.16. The van der Waals surface area contributed by atoms with Crippen molar-refractivity contribution in [1.29, 1.82) is 0 Å². The Balaban J connectivity index is 2.01. The molecule has 0 aliphatic carbocycles. The minimum Gasteiger partial charge on any atom is -0.339 e. The summed E-state index contributed by atoms with van der Waals surface area (Å²) in [5, 5.41) is 4.32. The van der Waals surface area contributed by atoms with Gasteiger partial charge < -0.3 is 4.90 Å². The molecule has 0 bridgehead atoms. The summed E-state index contributed by atoms with van der Waals surface area (Å²) < 4.78 is 1.80. The summed E-state index contributed by atoms with van der Waals surface area (Å²) in [6.07, 6.45) is 9.27. The fourth-order valence-corrected chi connectivity index (χ4v) is 2.19. The zero-order chi connectivity index (χ0) is 15.8. The van der Waals surface area contributed by atoms with Crippen LogP contribution in [0.2, 0.25) is 0 Å². The largest absolute Gasteiger partial charge is 0.339 e. The third-order valence-corrected chi connectivity index (χ3v) is 3.52. The number of para-hydroxylation sites is 1. The lowest BCUT2D eigenvalue weighted by molar-refractivity contribution is -0.125. The number of benzene rings is 1. The first kappa shape index (κ1) is 16.0. The van der Waals surface area contributed by atoms with Gasteiger partial charge in [-0.05, 0) is 31.6 Å². The molecule has 1 aromatic heterocycles. The SMILES string of the molecule is CCCCN(CC)C(=O)/C=C/c1cnn(-c2ccccc2)c1. The molecule has 2 aromatic rings. The van der Waals surface area contributed by atoms with Crippen LogP contribution in [0.25, 0.3) is 11.8 Å². The predicted octanol–water partition coefficient (Wildman–Crippen LogP) is 3.53. The molecule has 1 heterocycles. The molecule has 4 heteroatoms. The van der Waals surface area contributed by atoms with Crippen molar-refractivity contribution in [3.8, 4) is 5.69 Å². The Hall–Kier alpha value is -2.36. The van der Waals surface area contributed by atoms with Gasteiger partial charge in [0, 0.05) is 30.9 Å². The van der Waals surface area contributed by atoms with Crippen molar-refractivity contribution in [2.24, 2.45) is 0 Å². The second-order valence-electron chi connectivity index (χ2n) is 5.16. The fourth-order valence-electron chi connectivity index (χ4n) is 2.19. The quantitative estimate of drug-likeness (QED) is 0.733. The van der Waals surface area contributed by atoms with Crippen molar-refractivity contribution < 1.29 is 4.79 Å². The maximum Gasteiger partial charge on any atom is 0.246 e. The third kappa shape index (κ3) is 4.32. The number of nitrogens with zero attached hydrogens (tertiary/aromatic N) is 3. The average Bonchev–Trinajstić information content (AvgIpc) is 3.03. The number of rotatable bonds is 7. The molecule has 1 aromatic carbocycles. The predicted molar refractivity (Wildman–Crippen MR) is 89.8 cm³/mol. The zero-order valence-corrected chi connectivity index (χ0v) is 13.3. The van der Waals surface area contributed by atoms with Crippen LogP contribution in [0.15, 0.2) is 48.8 Å². The van der Waals surface area contributed by atoms with Crippen LogP contribution >= 0.6 is 0 Å². The number of hydrogen-bond donors (Lipinski definition) is 0. The van der Waals surface area contributed by atoms with Gasteiger partial charge >= 0.3 is 0 Å². The van der Waals surface area contributed by atoms with Gasteiger partial charge in [0.2, 0.25) is 5.91 Å². The van der Waals surface area contributed by atoms with Gasteiger partial charge in [0.05, 0.1) is 11.9 Å². The minimum absolute atomic E-state index is 0.0587. The van der Waals surface area contributed by atoms with Gasteiger partial charge in [-0.2, -0.15) is 5.10 Å². The Morgan fingerprint density at radius 3 is 2.73 bits per heavy atom. The topological polar surface area (TPSA) is 38.1 Å². The summed E-state index contributed by atoms with van der Waals surface area (Å²) in [6, 6.07) is 9.92. The van der Waals surface area contributed by atoms with Gasteiger partial charge in [-0.15, -0.1) is 0 Å². The van der Waals surface area contributed by atoms with E-state index in [0.717, 1.165) is 37.2 Å². The summed E-state index contributed by atoms with van der Waals surface area (Å²) >= 11 is 0. The summed E-state index contributed by atoms with van der Waals surface area (Å²) in [5.74, 6) is 0.0587. The molecular formula is C18H23N3O. The van der Waals surface area contributed by atoms with E-state index >= 15 is 0 Å².